The molecule has 2 rings (SSSR count). The lowest BCUT2D eigenvalue weighted by atomic mass is 10.0. The van der Waals surface area contributed by atoms with Gasteiger partial charge in [-0.05, 0) is 41.4 Å². The van der Waals surface area contributed by atoms with E-state index in [4.69, 9.17) is 5.84 Å². The molecule has 0 saturated heterocycles. The average Bonchev–Trinajstić information content (AvgIpc) is 2.64. The summed E-state index contributed by atoms with van der Waals surface area (Å²) in [5.41, 5.74) is 6.82. The molecule has 0 aliphatic rings. The Balaban J connectivity index is 2.52. The summed E-state index contributed by atoms with van der Waals surface area (Å²) >= 11 is 3.50. The predicted octanol–water partition coefficient (Wildman–Crippen LogP) is 1.75. The van der Waals surface area contributed by atoms with Gasteiger partial charge in [-0.3, -0.25) is 15.5 Å². The highest BCUT2D eigenvalue weighted by molar-refractivity contribution is 9.10. The van der Waals surface area contributed by atoms with Gasteiger partial charge in [-0.15, -0.1) is 0 Å². The quantitative estimate of drug-likeness (QED) is 0.669. The number of hydrogen-bond donors (Lipinski definition) is 2. The molecule has 0 aliphatic heterocycles. The number of nitrogens with two attached hydrogens (primary N) is 1. The molecular weight excluding hydrogens is 294 g/mol. The number of rotatable bonds is 3. The molecule has 0 radical (unpaired) electrons. The molecular formula is C12H16BrN5. The van der Waals surface area contributed by atoms with Gasteiger partial charge in [0.05, 0.1) is 22.4 Å². The minimum absolute atomic E-state index is 0.139. The summed E-state index contributed by atoms with van der Waals surface area (Å²) in [5, 5.41) is 4.21. The minimum Gasteiger partial charge on any atom is -0.271 e. The summed E-state index contributed by atoms with van der Waals surface area (Å²) in [6, 6.07) is 3.89. The highest BCUT2D eigenvalue weighted by atomic mass is 79.9. The first-order valence-corrected chi connectivity index (χ1v) is 6.41. The first-order valence-electron chi connectivity index (χ1n) is 5.62. The third-order valence-corrected chi connectivity index (χ3v) is 3.57. The number of halogens is 1. The molecule has 2 heterocycles. The largest absolute Gasteiger partial charge is 0.271 e. The summed E-state index contributed by atoms with van der Waals surface area (Å²) in [5.74, 6) is 5.70. The van der Waals surface area contributed by atoms with Crippen LogP contribution in [0.1, 0.15) is 28.7 Å². The van der Waals surface area contributed by atoms with E-state index in [1.807, 2.05) is 33.0 Å². The molecule has 2 aromatic heterocycles. The van der Waals surface area contributed by atoms with Crippen molar-refractivity contribution in [1.29, 1.82) is 0 Å². The number of hydrazine groups is 1. The SMILES string of the molecule is Cc1ccc(C(NN)c2c(Br)cnn2C)c(C)n1. The molecule has 2 aromatic rings. The molecule has 0 fully saturated rings. The van der Waals surface area contributed by atoms with E-state index in [0.29, 0.717) is 0 Å². The van der Waals surface area contributed by atoms with E-state index < -0.39 is 0 Å². The molecule has 0 aliphatic carbocycles. The lowest BCUT2D eigenvalue weighted by Gasteiger charge is -2.19. The number of nitrogens with zero attached hydrogens (tertiary/aromatic N) is 3. The van der Waals surface area contributed by atoms with Crippen LogP contribution in [0.4, 0.5) is 0 Å². The number of nitrogens with one attached hydrogen (secondary N) is 1. The Bertz CT molecular complexity index is 544. The Kier molecular flexibility index (Phi) is 3.79. The molecule has 5 nitrogen and oxygen atoms in total. The van der Waals surface area contributed by atoms with Gasteiger partial charge in [0.15, 0.2) is 0 Å². The Morgan fingerprint density at radius 3 is 2.61 bits per heavy atom. The highest BCUT2D eigenvalue weighted by Crippen LogP contribution is 2.28. The summed E-state index contributed by atoms with van der Waals surface area (Å²) in [4.78, 5) is 4.47. The second kappa shape index (κ2) is 5.17. The average molecular weight is 310 g/mol. The maximum absolute atomic E-state index is 5.70. The molecule has 1 atom stereocenters. The Morgan fingerprint density at radius 2 is 2.11 bits per heavy atom. The summed E-state index contributed by atoms with van der Waals surface area (Å²) in [6.45, 7) is 3.96. The van der Waals surface area contributed by atoms with Gasteiger partial charge in [0, 0.05) is 18.4 Å². The van der Waals surface area contributed by atoms with E-state index in [-0.39, 0.29) is 6.04 Å². The van der Waals surface area contributed by atoms with E-state index in [1.54, 1.807) is 10.9 Å². The van der Waals surface area contributed by atoms with Gasteiger partial charge >= 0.3 is 0 Å². The summed E-state index contributed by atoms with van der Waals surface area (Å²) in [7, 11) is 1.89. The third-order valence-electron chi connectivity index (χ3n) is 2.95. The molecule has 1 unspecified atom stereocenters. The molecule has 6 heteroatoms. The van der Waals surface area contributed by atoms with Crippen molar-refractivity contribution in [2.45, 2.75) is 19.9 Å². The van der Waals surface area contributed by atoms with E-state index in [0.717, 1.165) is 27.1 Å². The molecule has 3 N–H and O–H groups in total. The molecule has 0 spiro atoms. The van der Waals surface area contributed by atoms with Crippen LogP contribution in [0.2, 0.25) is 0 Å². The number of aromatic nitrogens is 3. The van der Waals surface area contributed by atoms with Crippen molar-refractivity contribution in [2.24, 2.45) is 12.9 Å². The monoisotopic (exact) mass is 309 g/mol. The standard InChI is InChI=1S/C12H16BrN5/c1-7-4-5-9(8(2)16-7)11(17-14)12-10(13)6-15-18(12)3/h4-6,11,17H,14H2,1-3H3. The van der Waals surface area contributed by atoms with Crippen molar-refractivity contribution in [2.75, 3.05) is 0 Å². The topological polar surface area (TPSA) is 68.8 Å². The van der Waals surface area contributed by atoms with Crippen molar-refractivity contribution in [3.8, 4) is 0 Å². The van der Waals surface area contributed by atoms with Crippen LogP contribution in [0, 0.1) is 13.8 Å². The Morgan fingerprint density at radius 1 is 1.39 bits per heavy atom. The minimum atomic E-state index is -0.139. The van der Waals surface area contributed by atoms with E-state index >= 15 is 0 Å². The molecule has 96 valence electrons. The van der Waals surface area contributed by atoms with E-state index in [2.05, 4.69) is 31.4 Å². The maximum atomic E-state index is 5.70. The van der Waals surface area contributed by atoms with Crippen LogP contribution in [0.5, 0.6) is 0 Å². The summed E-state index contributed by atoms with van der Waals surface area (Å²) in [6.07, 6.45) is 1.76. The van der Waals surface area contributed by atoms with Gasteiger partial charge in [-0.2, -0.15) is 5.10 Å². The van der Waals surface area contributed by atoms with Crippen LogP contribution in [0.25, 0.3) is 0 Å². The van der Waals surface area contributed by atoms with Gasteiger partial charge in [-0.25, -0.2) is 5.43 Å². The third kappa shape index (κ3) is 2.31. The number of hydrogen-bond acceptors (Lipinski definition) is 4. The van der Waals surface area contributed by atoms with Crippen molar-refractivity contribution in [3.05, 3.63) is 45.4 Å². The molecule has 18 heavy (non-hydrogen) atoms. The molecule has 0 bridgehead atoms. The maximum Gasteiger partial charge on any atom is 0.0907 e. The van der Waals surface area contributed by atoms with Gasteiger partial charge in [0.1, 0.15) is 0 Å². The fourth-order valence-electron chi connectivity index (χ4n) is 2.06. The number of pyridine rings is 1. The lowest BCUT2D eigenvalue weighted by Crippen LogP contribution is -2.31. The van der Waals surface area contributed by atoms with E-state index in [9.17, 15) is 0 Å². The van der Waals surface area contributed by atoms with Crippen molar-refractivity contribution in [1.82, 2.24) is 20.2 Å². The first kappa shape index (κ1) is 13.2. The van der Waals surface area contributed by atoms with Crippen molar-refractivity contribution < 1.29 is 0 Å². The van der Waals surface area contributed by atoms with Gasteiger partial charge in [0.2, 0.25) is 0 Å². The summed E-state index contributed by atoms with van der Waals surface area (Å²) < 4.78 is 2.72. The Labute approximate surface area is 115 Å². The van der Waals surface area contributed by atoms with Crippen LogP contribution < -0.4 is 11.3 Å². The van der Waals surface area contributed by atoms with Crippen LogP contribution in [0.15, 0.2) is 22.8 Å². The van der Waals surface area contributed by atoms with Crippen molar-refractivity contribution >= 4 is 15.9 Å². The van der Waals surface area contributed by atoms with Gasteiger partial charge in [0.25, 0.3) is 0 Å². The van der Waals surface area contributed by atoms with Crippen LogP contribution in [-0.2, 0) is 7.05 Å². The highest BCUT2D eigenvalue weighted by Gasteiger charge is 2.21. The predicted molar refractivity (Wildman–Crippen MR) is 73.8 cm³/mol. The molecule has 0 saturated carbocycles. The van der Waals surface area contributed by atoms with Gasteiger partial charge < -0.3 is 0 Å². The fourth-order valence-corrected chi connectivity index (χ4v) is 2.64. The van der Waals surface area contributed by atoms with Crippen LogP contribution >= 0.6 is 15.9 Å². The molecule has 0 amide bonds. The second-order valence-corrected chi connectivity index (χ2v) is 5.08. The normalized spacial score (nSPS) is 12.7. The second-order valence-electron chi connectivity index (χ2n) is 4.23. The zero-order chi connectivity index (χ0) is 13.3. The van der Waals surface area contributed by atoms with Gasteiger partial charge in [-0.1, -0.05) is 6.07 Å². The zero-order valence-electron chi connectivity index (χ0n) is 10.6. The first-order chi connectivity index (χ1) is 8.54. The molecule has 0 aromatic carbocycles. The van der Waals surface area contributed by atoms with E-state index in [1.165, 1.54) is 0 Å². The number of aryl methyl sites for hydroxylation is 3. The fraction of sp³-hybridized carbons (Fsp3) is 0.333. The van der Waals surface area contributed by atoms with Crippen LogP contribution in [0.3, 0.4) is 0 Å². The Hall–Kier alpha value is -1.24. The van der Waals surface area contributed by atoms with Crippen molar-refractivity contribution in [3.63, 3.8) is 0 Å². The smallest absolute Gasteiger partial charge is 0.0907 e. The zero-order valence-corrected chi connectivity index (χ0v) is 12.2. The lowest BCUT2D eigenvalue weighted by molar-refractivity contribution is 0.569. The van der Waals surface area contributed by atoms with Crippen LogP contribution in [-0.4, -0.2) is 14.8 Å².